The van der Waals surface area contributed by atoms with Crippen LogP contribution in [-0.2, 0) is 32.0 Å². The molecule has 0 bridgehead atoms. The Bertz CT molecular complexity index is 1830. The third kappa shape index (κ3) is 8.03. The predicted molar refractivity (Wildman–Crippen MR) is 180 cm³/mol. The summed E-state index contributed by atoms with van der Waals surface area (Å²) in [6.07, 6.45) is 0.834. The fourth-order valence-electron chi connectivity index (χ4n) is 5.70. The van der Waals surface area contributed by atoms with E-state index in [9.17, 15) is 19.2 Å². The Balaban J connectivity index is 1.44. The molecule has 0 radical (unpaired) electrons. The average Bonchev–Trinajstić information content (AvgIpc) is 3.48. The van der Waals surface area contributed by atoms with Crippen molar-refractivity contribution in [3.63, 3.8) is 0 Å². The number of rotatable bonds is 11. The van der Waals surface area contributed by atoms with Gasteiger partial charge in [-0.2, -0.15) is 0 Å². The summed E-state index contributed by atoms with van der Waals surface area (Å²) in [4.78, 5) is 63.3. The average molecular weight is 670 g/mol. The molecular weight excluding hydrogens is 630 g/mol. The number of ether oxygens (including phenoxy) is 3. The van der Waals surface area contributed by atoms with Gasteiger partial charge in [-0.15, -0.1) is 0 Å². The highest BCUT2D eigenvalue weighted by Crippen LogP contribution is 2.33. The lowest BCUT2D eigenvalue weighted by Gasteiger charge is -2.35. The SMILES string of the molecule is CCOC(=O)CCN(C(=O)c1ccc2c(c1)nc1n2CCN(C(=O)OCC)C1Cc1ccc(C(=N)NC(=O)OCC)cc1)c1ccccn1. The van der Waals surface area contributed by atoms with Gasteiger partial charge in [0.1, 0.15) is 17.5 Å². The third-order valence-electron chi connectivity index (χ3n) is 7.96. The molecule has 14 heteroatoms. The number of carbonyl (C=O) groups excluding carboxylic acids is 4. The lowest BCUT2D eigenvalue weighted by Crippen LogP contribution is -2.43. The van der Waals surface area contributed by atoms with Crippen molar-refractivity contribution in [2.75, 3.05) is 37.8 Å². The van der Waals surface area contributed by atoms with Crippen molar-refractivity contribution in [3.05, 3.63) is 89.4 Å². The molecule has 1 aliphatic heterocycles. The Morgan fingerprint density at radius 1 is 0.918 bits per heavy atom. The number of anilines is 1. The van der Waals surface area contributed by atoms with Gasteiger partial charge >= 0.3 is 18.2 Å². The molecule has 0 aliphatic carbocycles. The van der Waals surface area contributed by atoms with Crippen LogP contribution in [0.4, 0.5) is 15.4 Å². The minimum atomic E-state index is -0.700. The van der Waals surface area contributed by atoms with Crippen LogP contribution >= 0.6 is 0 Å². The van der Waals surface area contributed by atoms with Crippen molar-refractivity contribution in [3.8, 4) is 0 Å². The smallest absolute Gasteiger partial charge is 0.412 e. The van der Waals surface area contributed by atoms with Crippen molar-refractivity contribution in [2.45, 2.75) is 46.2 Å². The number of carbonyl (C=O) groups is 4. The molecule has 2 N–H and O–H groups in total. The first-order chi connectivity index (χ1) is 23.7. The number of fused-ring (bicyclic) bond motifs is 3. The van der Waals surface area contributed by atoms with E-state index >= 15 is 0 Å². The Kier molecular flexibility index (Phi) is 11.2. The number of benzene rings is 2. The van der Waals surface area contributed by atoms with Gasteiger partial charge in [-0.05, 0) is 56.7 Å². The fraction of sp³-hybridized carbons (Fsp3) is 0.343. The van der Waals surface area contributed by atoms with Gasteiger partial charge in [0.25, 0.3) is 5.91 Å². The Morgan fingerprint density at radius 2 is 1.65 bits per heavy atom. The summed E-state index contributed by atoms with van der Waals surface area (Å²) in [5.74, 6) is 0.202. The fourth-order valence-corrected chi connectivity index (χ4v) is 5.70. The normalized spacial score (nSPS) is 13.7. The van der Waals surface area contributed by atoms with Gasteiger partial charge in [0.05, 0.1) is 43.3 Å². The van der Waals surface area contributed by atoms with Crippen LogP contribution in [0.2, 0.25) is 0 Å². The number of nitrogens with zero attached hydrogens (tertiary/aromatic N) is 5. The molecule has 49 heavy (non-hydrogen) atoms. The van der Waals surface area contributed by atoms with Crippen LogP contribution in [0.5, 0.6) is 0 Å². The maximum Gasteiger partial charge on any atom is 0.412 e. The second-order valence-electron chi connectivity index (χ2n) is 11.1. The van der Waals surface area contributed by atoms with E-state index in [-0.39, 0.29) is 44.5 Å². The molecule has 2 aromatic carbocycles. The zero-order chi connectivity index (χ0) is 34.9. The number of aromatic nitrogens is 3. The van der Waals surface area contributed by atoms with Crippen molar-refractivity contribution < 1.29 is 33.4 Å². The van der Waals surface area contributed by atoms with E-state index in [1.54, 1.807) is 74.3 Å². The largest absolute Gasteiger partial charge is 0.466 e. The van der Waals surface area contributed by atoms with E-state index in [1.807, 2.05) is 18.2 Å². The summed E-state index contributed by atoms with van der Waals surface area (Å²) in [7, 11) is 0. The summed E-state index contributed by atoms with van der Waals surface area (Å²) in [6, 6.07) is 17.1. The standard InChI is InChI=1S/C35H39N7O7/c1-4-47-30(43)16-18-42(29-9-7-8-17-37-29)33(44)25-14-15-27-26(22-25)38-32-28(41(20-19-40(27)32)35(46)49-6-3)21-23-10-12-24(13-11-23)31(36)39-34(45)48-5-2/h7-15,17,22,28H,4-6,16,18-21H2,1-3H3,(H2,36,39,45). The molecule has 2 aromatic heterocycles. The molecule has 256 valence electrons. The molecule has 0 spiro atoms. The van der Waals surface area contributed by atoms with E-state index in [2.05, 4.69) is 14.9 Å². The quantitative estimate of drug-likeness (QED) is 0.0981. The second kappa shape index (κ2) is 15.9. The van der Waals surface area contributed by atoms with Crippen LogP contribution < -0.4 is 10.2 Å². The topological polar surface area (TPSA) is 169 Å². The first-order valence-electron chi connectivity index (χ1n) is 16.2. The maximum atomic E-state index is 13.9. The molecule has 3 heterocycles. The summed E-state index contributed by atoms with van der Waals surface area (Å²) in [5.41, 5.74) is 3.12. The minimum Gasteiger partial charge on any atom is -0.466 e. The number of pyridine rings is 1. The highest BCUT2D eigenvalue weighted by molar-refractivity contribution is 6.07. The summed E-state index contributed by atoms with van der Waals surface area (Å²) >= 11 is 0. The van der Waals surface area contributed by atoms with Crippen LogP contribution in [0.1, 0.15) is 60.5 Å². The van der Waals surface area contributed by atoms with Gasteiger partial charge in [-0.1, -0.05) is 30.3 Å². The van der Waals surface area contributed by atoms with Crippen LogP contribution in [0.25, 0.3) is 11.0 Å². The van der Waals surface area contributed by atoms with E-state index in [0.717, 1.165) is 11.1 Å². The molecule has 14 nitrogen and oxygen atoms in total. The van der Waals surface area contributed by atoms with Crippen molar-refractivity contribution in [2.24, 2.45) is 0 Å². The number of nitrogens with one attached hydrogen (secondary N) is 2. The van der Waals surface area contributed by atoms with E-state index in [0.29, 0.717) is 47.8 Å². The predicted octanol–water partition coefficient (Wildman–Crippen LogP) is 4.86. The zero-order valence-electron chi connectivity index (χ0n) is 27.7. The number of amides is 3. The molecule has 4 aromatic rings. The summed E-state index contributed by atoms with van der Waals surface area (Å²) in [6.45, 7) is 6.77. The first-order valence-corrected chi connectivity index (χ1v) is 16.2. The van der Waals surface area contributed by atoms with Crippen LogP contribution in [0.3, 0.4) is 0 Å². The molecule has 0 saturated heterocycles. The molecule has 1 unspecified atom stereocenters. The first kappa shape index (κ1) is 34.5. The summed E-state index contributed by atoms with van der Waals surface area (Å²) in [5, 5.41) is 10.6. The Hall–Kier alpha value is -5.79. The molecule has 0 fully saturated rings. The van der Waals surface area contributed by atoms with Crippen LogP contribution in [0, 0.1) is 5.41 Å². The third-order valence-corrected chi connectivity index (χ3v) is 7.96. The molecule has 5 rings (SSSR count). The molecule has 0 saturated carbocycles. The highest BCUT2D eigenvalue weighted by atomic mass is 16.6. The molecule has 3 amide bonds. The summed E-state index contributed by atoms with van der Waals surface area (Å²) < 4.78 is 17.4. The number of hydrogen-bond acceptors (Lipinski definition) is 10. The second-order valence-corrected chi connectivity index (χ2v) is 11.1. The number of alkyl carbamates (subject to hydrolysis) is 1. The van der Waals surface area contributed by atoms with E-state index in [4.69, 9.17) is 24.6 Å². The maximum absolute atomic E-state index is 13.9. The van der Waals surface area contributed by atoms with Gasteiger partial charge in [0.2, 0.25) is 0 Å². The monoisotopic (exact) mass is 669 g/mol. The van der Waals surface area contributed by atoms with Gasteiger partial charge in [0.15, 0.2) is 0 Å². The number of esters is 1. The number of hydrogen-bond donors (Lipinski definition) is 2. The number of amidine groups is 1. The van der Waals surface area contributed by atoms with Crippen LogP contribution in [-0.4, -0.2) is 82.2 Å². The zero-order valence-corrected chi connectivity index (χ0v) is 27.7. The molecule has 1 atom stereocenters. The Labute approximate surface area is 283 Å². The van der Waals surface area contributed by atoms with E-state index < -0.39 is 24.2 Å². The van der Waals surface area contributed by atoms with Gasteiger partial charge in [0, 0.05) is 43.4 Å². The minimum absolute atomic E-state index is 0.00652. The van der Waals surface area contributed by atoms with Crippen molar-refractivity contribution in [1.82, 2.24) is 24.8 Å². The van der Waals surface area contributed by atoms with E-state index in [1.165, 1.54) is 4.90 Å². The number of imidazole rings is 1. The highest BCUT2D eigenvalue weighted by Gasteiger charge is 2.35. The van der Waals surface area contributed by atoms with Gasteiger partial charge in [-0.25, -0.2) is 19.6 Å². The lowest BCUT2D eigenvalue weighted by molar-refractivity contribution is -0.142. The molecule has 1 aliphatic rings. The van der Waals surface area contributed by atoms with Gasteiger partial charge in [-0.3, -0.25) is 30.1 Å². The van der Waals surface area contributed by atoms with Gasteiger partial charge < -0.3 is 18.8 Å². The lowest BCUT2D eigenvalue weighted by atomic mass is 10.0. The van der Waals surface area contributed by atoms with Crippen molar-refractivity contribution in [1.29, 1.82) is 5.41 Å². The van der Waals surface area contributed by atoms with Crippen LogP contribution in [0.15, 0.2) is 66.9 Å². The Morgan fingerprint density at radius 3 is 2.35 bits per heavy atom. The van der Waals surface area contributed by atoms with Crippen molar-refractivity contribution >= 4 is 46.7 Å². The molecular formula is C35H39N7O7.